The second-order valence-electron chi connectivity index (χ2n) is 5.41. The molecule has 1 atom stereocenters. The molecule has 0 heterocycles. The maximum Gasteiger partial charge on any atom is 0.356 e. The van der Waals surface area contributed by atoms with Crippen LogP contribution in [0.25, 0.3) is 0 Å². The monoisotopic (exact) mass is 271 g/mol. The maximum absolute atomic E-state index is 14.3. The van der Waals surface area contributed by atoms with Crippen LogP contribution < -0.4 is 5.32 Å². The van der Waals surface area contributed by atoms with Crippen LogP contribution in [0.15, 0.2) is 0 Å². The highest BCUT2D eigenvalue weighted by Crippen LogP contribution is 2.52. The van der Waals surface area contributed by atoms with Crippen LogP contribution in [-0.2, 0) is 0 Å². The molecule has 0 saturated heterocycles. The number of rotatable bonds is 2. The molecule has 2 saturated carbocycles. The van der Waals surface area contributed by atoms with Gasteiger partial charge in [-0.05, 0) is 19.3 Å². The predicted molar refractivity (Wildman–Crippen MR) is 57.6 cm³/mol. The molecule has 1 N–H and O–H groups in total. The van der Waals surface area contributed by atoms with Gasteiger partial charge in [0.15, 0.2) is 0 Å². The average Bonchev–Trinajstić information content (AvgIpc) is 2.28. The van der Waals surface area contributed by atoms with E-state index in [-0.39, 0.29) is 6.42 Å². The van der Waals surface area contributed by atoms with E-state index in [1.165, 1.54) is 0 Å². The fourth-order valence-corrected chi connectivity index (χ4v) is 2.89. The standard InChI is InChI=1S/C12H18F5N/c13-10(14)7-4-8-11(15,12(10,16)17)18-9-5-2-1-3-6-9/h9,18H,1-8H2. The molecule has 18 heavy (non-hydrogen) atoms. The molecule has 1 nitrogen and oxygen atoms in total. The Labute approximate surface area is 103 Å². The van der Waals surface area contributed by atoms with Crippen molar-refractivity contribution in [3.63, 3.8) is 0 Å². The average molecular weight is 271 g/mol. The molecule has 2 aliphatic carbocycles. The molecule has 0 radical (unpaired) electrons. The molecule has 0 bridgehead atoms. The number of hydrogen-bond acceptors (Lipinski definition) is 1. The number of alkyl halides is 5. The Balaban J connectivity index is 2.12. The van der Waals surface area contributed by atoms with Gasteiger partial charge in [0.2, 0.25) is 5.79 Å². The normalized spacial score (nSPS) is 36.5. The van der Waals surface area contributed by atoms with Gasteiger partial charge < -0.3 is 0 Å². The minimum absolute atomic E-state index is 0.223. The van der Waals surface area contributed by atoms with Crippen molar-refractivity contribution in [2.24, 2.45) is 0 Å². The summed E-state index contributed by atoms with van der Waals surface area (Å²) >= 11 is 0. The van der Waals surface area contributed by atoms with Crippen LogP contribution in [0.2, 0.25) is 0 Å². The van der Waals surface area contributed by atoms with Gasteiger partial charge in [0.1, 0.15) is 0 Å². The van der Waals surface area contributed by atoms with E-state index in [0.29, 0.717) is 12.8 Å². The molecule has 0 aromatic heterocycles. The second-order valence-corrected chi connectivity index (χ2v) is 5.41. The van der Waals surface area contributed by atoms with E-state index in [1.54, 1.807) is 0 Å². The molecular weight excluding hydrogens is 253 g/mol. The molecular formula is C12H18F5N. The first-order chi connectivity index (χ1) is 8.29. The van der Waals surface area contributed by atoms with Crippen LogP contribution in [-0.4, -0.2) is 23.7 Å². The third-order valence-corrected chi connectivity index (χ3v) is 4.01. The lowest BCUT2D eigenvalue weighted by Crippen LogP contribution is -2.67. The van der Waals surface area contributed by atoms with Gasteiger partial charge in [0.25, 0.3) is 0 Å². The largest absolute Gasteiger partial charge is 0.356 e. The molecule has 2 rings (SSSR count). The summed E-state index contributed by atoms with van der Waals surface area (Å²) < 4.78 is 67.9. The molecule has 106 valence electrons. The van der Waals surface area contributed by atoms with Gasteiger partial charge in [0.05, 0.1) is 0 Å². The Morgan fingerprint density at radius 3 is 2.00 bits per heavy atom. The molecule has 0 spiro atoms. The van der Waals surface area contributed by atoms with Gasteiger partial charge in [-0.2, -0.15) is 17.6 Å². The van der Waals surface area contributed by atoms with Crippen molar-refractivity contribution in [1.29, 1.82) is 0 Å². The summed E-state index contributed by atoms with van der Waals surface area (Å²) in [5.41, 5.74) is 0. The smallest absolute Gasteiger partial charge is 0.277 e. The number of hydrogen-bond donors (Lipinski definition) is 1. The Hall–Kier alpha value is -0.390. The summed E-state index contributed by atoms with van der Waals surface area (Å²) in [5.74, 6) is -12.2. The molecule has 0 amide bonds. The lowest BCUT2D eigenvalue weighted by atomic mass is 9.84. The van der Waals surface area contributed by atoms with Gasteiger partial charge in [0, 0.05) is 18.9 Å². The molecule has 6 heteroatoms. The first-order valence-corrected chi connectivity index (χ1v) is 6.51. The Bertz CT molecular complexity index is 301. The molecule has 2 fully saturated rings. The number of halogens is 5. The van der Waals surface area contributed by atoms with E-state index in [1.807, 2.05) is 0 Å². The first-order valence-electron chi connectivity index (χ1n) is 6.51. The van der Waals surface area contributed by atoms with Crippen molar-refractivity contribution < 1.29 is 22.0 Å². The molecule has 1 unspecified atom stereocenters. The number of nitrogens with one attached hydrogen (secondary N) is 1. The quantitative estimate of drug-likeness (QED) is 0.590. The van der Waals surface area contributed by atoms with Crippen LogP contribution in [0.4, 0.5) is 22.0 Å². The van der Waals surface area contributed by atoms with E-state index in [2.05, 4.69) is 5.32 Å². The zero-order chi connectivity index (χ0) is 13.4. The summed E-state index contributed by atoms with van der Waals surface area (Å²) in [6, 6.07) is -0.413. The van der Waals surface area contributed by atoms with Gasteiger partial charge in [-0.25, -0.2) is 4.39 Å². The lowest BCUT2D eigenvalue weighted by molar-refractivity contribution is -0.302. The summed E-state index contributed by atoms with van der Waals surface area (Å²) in [6.45, 7) is 0. The lowest BCUT2D eigenvalue weighted by Gasteiger charge is -2.44. The summed E-state index contributed by atoms with van der Waals surface area (Å²) in [6.07, 6.45) is 2.08. The Morgan fingerprint density at radius 1 is 0.778 bits per heavy atom. The topological polar surface area (TPSA) is 12.0 Å². The van der Waals surface area contributed by atoms with Crippen LogP contribution in [0.5, 0.6) is 0 Å². The van der Waals surface area contributed by atoms with E-state index in [9.17, 15) is 22.0 Å². The van der Waals surface area contributed by atoms with Crippen LogP contribution in [0, 0.1) is 0 Å². The van der Waals surface area contributed by atoms with Crippen LogP contribution in [0.3, 0.4) is 0 Å². The van der Waals surface area contributed by atoms with Crippen molar-refractivity contribution >= 4 is 0 Å². The maximum atomic E-state index is 14.3. The van der Waals surface area contributed by atoms with Crippen molar-refractivity contribution in [1.82, 2.24) is 5.32 Å². The summed E-state index contributed by atoms with van der Waals surface area (Å²) in [4.78, 5) is 0. The molecule has 0 aliphatic heterocycles. The fraction of sp³-hybridized carbons (Fsp3) is 1.00. The highest BCUT2D eigenvalue weighted by molar-refractivity contribution is 5.05. The minimum atomic E-state index is -4.63. The predicted octanol–water partition coefficient (Wildman–Crippen LogP) is 4.03. The van der Waals surface area contributed by atoms with Gasteiger partial charge >= 0.3 is 11.8 Å². The summed E-state index contributed by atoms with van der Waals surface area (Å²) in [7, 11) is 0. The highest BCUT2D eigenvalue weighted by Gasteiger charge is 2.71. The van der Waals surface area contributed by atoms with Gasteiger partial charge in [-0.3, -0.25) is 5.32 Å². The molecule has 0 aromatic rings. The van der Waals surface area contributed by atoms with Crippen molar-refractivity contribution in [2.45, 2.75) is 75.0 Å². The van der Waals surface area contributed by atoms with Crippen LogP contribution in [0.1, 0.15) is 51.4 Å². The van der Waals surface area contributed by atoms with Crippen molar-refractivity contribution in [3.8, 4) is 0 Å². The van der Waals surface area contributed by atoms with Crippen LogP contribution >= 0.6 is 0 Å². The van der Waals surface area contributed by atoms with E-state index in [0.717, 1.165) is 19.3 Å². The van der Waals surface area contributed by atoms with Crippen molar-refractivity contribution in [2.75, 3.05) is 0 Å². The third kappa shape index (κ3) is 2.24. The molecule has 0 aromatic carbocycles. The Kier molecular flexibility index (Phi) is 3.60. The minimum Gasteiger partial charge on any atom is -0.277 e. The molecule has 2 aliphatic rings. The third-order valence-electron chi connectivity index (χ3n) is 4.01. The fourth-order valence-electron chi connectivity index (χ4n) is 2.89. The zero-order valence-corrected chi connectivity index (χ0v) is 10.1. The second kappa shape index (κ2) is 4.62. The van der Waals surface area contributed by atoms with E-state index >= 15 is 0 Å². The van der Waals surface area contributed by atoms with Gasteiger partial charge in [-0.1, -0.05) is 19.3 Å². The summed E-state index contributed by atoms with van der Waals surface area (Å²) in [5, 5.41) is 2.18. The van der Waals surface area contributed by atoms with Gasteiger partial charge in [-0.15, -0.1) is 0 Å². The zero-order valence-electron chi connectivity index (χ0n) is 10.1. The van der Waals surface area contributed by atoms with E-state index in [4.69, 9.17) is 0 Å². The van der Waals surface area contributed by atoms with E-state index < -0.39 is 36.5 Å². The van der Waals surface area contributed by atoms with Crippen molar-refractivity contribution in [3.05, 3.63) is 0 Å². The Morgan fingerprint density at radius 2 is 1.39 bits per heavy atom. The SMILES string of the molecule is FC1(F)CCCC(F)(NC2CCCCC2)C1(F)F. The first kappa shape index (κ1) is 14.0. The highest BCUT2D eigenvalue weighted by atomic mass is 19.3.